The van der Waals surface area contributed by atoms with E-state index in [0.717, 1.165) is 17.5 Å². The van der Waals surface area contributed by atoms with Crippen molar-refractivity contribution in [2.24, 2.45) is 11.8 Å². The minimum absolute atomic E-state index is 0.446. The second kappa shape index (κ2) is 6.44. The summed E-state index contributed by atoms with van der Waals surface area (Å²) in [7, 11) is 0. The second-order valence-corrected chi connectivity index (χ2v) is 6.00. The largest absolute Gasteiger partial charge is 0.382 e. The van der Waals surface area contributed by atoms with E-state index in [9.17, 15) is 0 Å². The van der Waals surface area contributed by atoms with Crippen molar-refractivity contribution in [2.45, 2.75) is 45.6 Å². The molecule has 0 saturated heterocycles. The molecule has 104 valence electrons. The molecule has 20 heavy (non-hydrogen) atoms. The predicted octanol–water partition coefficient (Wildman–Crippen LogP) is 4.06. The van der Waals surface area contributed by atoms with Gasteiger partial charge < -0.3 is 5.32 Å². The van der Waals surface area contributed by atoms with Crippen LogP contribution in [0.1, 0.15) is 50.7 Å². The van der Waals surface area contributed by atoms with Crippen molar-refractivity contribution in [3.63, 3.8) is 0 Å². The van der Waals surface area contributed by atoms with Crippen molar-refractivity contribution < 1.29 is 0 Å². The Morgan fingerprint density at radius 2 is 1.90 bits per heavy atom. The summed E-state index contributed by atoms with van der Waals surface area (Å²) in [5, 5.41) is 21.5. The number of rotatable bonds is 3. The van der Waals surface area contributed by atoms with Crippen LogP contribution in [0.15, 0.2) is 18.2 Å². The Balaban J connectivity index is 2.07. The molecule has 2 rings (SSSR count). The maximum Gasteiger partial charge on any atom is 0.101 e. The predicted molar refractivity (Wildman–Crippen MR) is 80.1 cm³/mol. The van der Waals surface area contributed by atoms with Gasteiger partial charge in [-0.15, -0.1) is 0 Å². The van der Waals surface area contributed by atoms with Crippen LogP contribution < -0.4 is 5.32 Å². The molecule has 0 amide bonds. The van der Waals surface area contributed by atoms with Crippen molar-refractivity contribution in [3.05, 3.63) is 29.3 Å². The third kappa shape index (κ3) is 3.31. The van der Waals surface area contributed by atoms with E-state index in [1.807, 2.05) is 12.1 Å². The molecular weight excluding hydrogens is 246 g/mol. The minimum atomic E-state index is 0.446. The summed E-state index contributed by atoms with van der Waals surface area (Å²) in [6.45, 7) is 4.59. The average Bonchev–Trinajstić information content (AvgIpc) is 2.47. The lowest BCUT2D eigenvalue weighted by atomic mass is 9.79. The summed E-state index contributed by atoms with van der Waals surface area (Å²) < 4.78 is 0. The van der Waals surface area contributed by atoms with Crippen LogP contribution >= 0.6 is 0 Å². The van der Waals surface area contributed by atoms with Gasteiger partial charge in [0.2, 0.25) is 0 Å². The Labute approximate surface area is 121 Å². The van der Waals surface area contributed by atoms with E-state index in [1.54, 1.807) is 12.1 Å². The number of nitrogens with one attached hydrogen (secondary N) is 1. The quantitative estimate of drug-likeness (QED) is 0.898. The number of benzene rings is 1. The minimum Gasteiger partial charge on any atom is -0.382 e. The zero-order valence-electron chi connectivity index (χ0n) is 12.2. The van der Waals surface area contributed by atoms with Crippen LogP contribution in [-0.4, -0.2) is 6.04 Å². The Kier molecular flexibility index (Phi) is 4.64. The number of hydrogen-bond acceptors (Lipinski definition) is 3. The molecule has 1 fully saturated rings. The number of hydrogen-bond donors (Lipinski definition) is 1. The fraction of sp³-hybridized carbons (Fsp3) is 0.529. The zero-order chi connectivity index (χ0) is 14.5. The molecule has 1 aliphatic carbocycles. The van der Waals surface area contributed by atoms with Gasteiger partial charge in [-0.3, -0.25) is 0 Å². The molecular formula is C17H21N3. The topological polar surface area (TPSA) is 59.6 Å². The normalized spacial score (nSPS) is 22.1. The first-order chi connectivity index (χ1) is 9.63. The van der Waals surface area contributed by atoms with E-state index >= 15 is 0 Å². The SMILES string of the molecule is CC(C)C1CCCC(Nc2ccc(C#N)c(C#N)c2)C1. The Bertz CT molecular complexity index is 548. The summed E-state index contributed by atoms with van der Waals surface area (Å²) in [6.07, 6.45) is 4.97. The summed E-state index contributed by atoms with van der Waals surface area (Å²) in [4.78, 5) is 0. The van der Waals surface area contributed by atoms with Crippen molar-refractivity contribution in [1.29, 1.82) is 10.5 Å². The highest BCUT2D eigenvalue weighted by Gasteiger charge is 2.24. The molecule has 0 radical (unpaired) electrons. The van der Waals surface area contributed by atoms with E-state index in [1.165, 1.54) is 25.7 Å². The summed E-state index contributed by atoms with van der Waals surface area (Å²) in [5.41, 5.74) is 1.85. The average molecular weight is 267 g/mol. The number of anilines is 1. The van der Waals surface area contributed by atoms with Gasteiger partial charge in [0.1, 0.15) is 12.1 Å². The molecule has 0 aliphatic heterocycles. The van der Waals surface area contributed by atoms with Gasteiger partial charge in [0.15, 0.2) is 0 Å². The molecule has 0 heterocycles. The standard InChI is InChI=1S/C17H21N3/c1-12(2)13-4-3-5-16(8-13)20-17-7-6-14(10-18)15(9-17)11-19/h6-7,9,12-13,16,20H,3-5,8H2,1-2H3. The summed E-state index contributed by atoms with van der Waals surface area (Å²) in [6, 6.07) is 10.0. The Morgan fingerprint density at radius 1 is 1.15 bits per heavy atom. The zero-order valence-corrected chi connectivity index (χ0v) is 12.2. The molecule has 0 spiro atoms. The molecule has 1 aromatic rings. The maximum atomic E-state index is 9.07. The lowest BCUT2D eigenvalue weighted by molar-refractivity contribution is 0.264. The van der Waals surface area contributed by atoms with Gasteiger partial charge in [0.05, 0.1) is 11.1 Å². The summed E-state index contributed by atoms with van der Waals surface area (Å²) in [5.74, 6) is 1.52. The van der Waals surface area contributed by atoms with E-state index < -0.39 is 0 Å². The molecule has 2 atom stereocenters. The van der Waals surface area contributed by atoms with Crippen molar-refractivity contribution in [2.75, 3.05) is 5.32 Å². The number of nitrogens with zero attached hydrogens (tertiary/aromatic N) is 2. The fourth-order valence-corrected chi connectivity index (χ4v) is 3.02. The molecule has 1 aliphatic rings. The third-order valence-corrected chi connectivity index (χ3v) is 4.29. The lowest BCUT2D eigenvalue weighted by Crippen LogP contribution is -2.29. The van der Waals surface area contributed by atoms with Gasteiger partial charge in [-0.1, -0.05) is 26.7 Å². The van der Waals surface area contributed by atoms with Crippen LogP contribution in [0.3, 0.4) is 0 Å². The van der Waals surface area contributed by atoms with Crippen molar-refractivity contribution >= 4 is 5.69 Å². The van der Waals surface area contributed by atoms with E-state index in [4.69, 9.17) is 10.5 Å². The van der Waals surface area contributed by atoms with Gasteiger partial charge in [-0.2, -0.15) is 10.5 Å². The van der Waals surface area contributed by atoms with Gasteiger partial charge in [0, 0.05) is 11.7 Å². The van der Waals surface area contributed by atoms with Crippen LogP contribution in [0.2, 0.25) is 0 Å². The maximum absolute atomic E-state index is 9.07. The van der Waals surface area contributed by atoms with Crippen LogP contribution in [-0.2, 0) is 0 Å². The van der Waals surface area contributed by atoms with Gasteiger partial charge in [-0.05, 0) is 42.9 Å². The van der Waals surface area contributed by atoms with Crippen LogP contribution in [0.25, 0.3) is 0 Å². The van der Waals surface area contributed by atoms with Crippen molar-refractivity contribution in [3.8, 4) is 12.1 Å². The first-order valence-electron chi connectivity index (χ1n) is 7.34. The molecule has 1 aromatic carbocycles. The Morgan fingerprint density at radius 3 is 2.55 bits per heavy atom. The highest BCUT2D eigenvalue weighted by molar-refractivity contribution is 5.56. The highest BCUT2D eigenvalue weighted by Crippen LogP contribution is 2.31. The first-order valence-corrected chi connectivity index (χ1v) is 7.34. The monoisotopic (exact) mass is 267 g/mol. The smallest absolute Gasteiger partial charge is 0.101 e. The van der Waals surface area contributed by atoms with Crippen LogP contribution in [0, 0.1) is 34.5 Å². The molecule has 2 unspecified atom stereocenters. The molecule has 0 bridgehead atoms. The molecule has 1 saturated carbocycles. The first kappa shape index (κ1) is 14.4. The van der Waals surface area contributed by atoms with Crippen molar-refractivity contribution in [1.82, 2.24) is 0 Å². The van der Waals surface area contributed by atoms with Gasteiger partial charge in [-0.25, -0.2) is 0 Å². The summed E-state index contributed by atoms with van der Waals surface area (Å²) >= 11 is 0. The number of nitriles is 2. The lowest BCUT2D eigenvalue weighted by Gasteiger charge is -2.32. The molecule has 3 heteroatoms. The van der Waals surface area contributed by atoms with E-state index in [-0.39, 0.29) is 0 Å². The van der Waals surface area contributed by atoms with Gasteiger partial charge >= 0.3 is 0 Å². The van der Waals surface area contributed by atoms with E-state index in [0.29, 0.717) is 17.2 Å². The Hall–Kier alpha value is -2.00. The second-order valence-electron chi connectivity index (χ2n) is 6.00. The molecule has 0 aromatic heterocycles. The molecule has 1 N–H and O–H groups in total. The molecule has 3 nitrogen and oxygen atoms in total. The highest BCUT2D eigenvalue weighted by atomic mass is 14.9. The van der Waals surface area contributed by atoms with Gasteiger partial charge in [0.25, 0.3) is 0 Å². The van der Waals surface area contributed by atoms with E-state index in [2.05, 4.69) is 25.2 Å². The van der Waals surface area contributed by atoms with Crippen LogP contribution in [0.5, 0.6) is 0 Å². The fourth-order valence-electron chi connectivity index (χ4n) is 3.02. The van der Waals surface area contributed by atoms with Crippen LogP contribution in [0.4, 0.5) is 5.69 Å². The third-order valence-electron chi connectivity index (χ3n) is 4.29.